The summed E-state index contributed by atoms with van der Waals surface area (Å²) in [5, 5.41) is 5.41. The van der Waals surface area contributed by atoms with Gasteiger partial charge in [0, 0.05) is 6.04 Å². The molecule has 0 aliphatic carbocycles. The van der Waals surface area contributed by atoms with Crippen LogP contribution in [0.3, 0.4) is 0 Å². The van der Waals surface area contributed by atoms with Gasteiger partial charge in [0.05, 0.1) is 0 Å². The SMILES string of the molecule is CCC(N)Cc1c2ccccc2c(C)c2ccccc12. The number of aryl methyl sites for hydroxylation is 1. The predicted octanol–water partition coefficient (Wildman–Crippen LogP) is 4.58. The van der Waals surface area contributed by atoms with Crippen molar-refractivity contribution in [3.8, 4) is 0 Å². The maximum atomic E-state index is 6.23. The number of fused-ring (bicyclic) bond motifs is 2. The fraction of sp³-hybridized carbons (Fsp3) is 0.263. The minimum Gasteiger partial charge on any atom is -0.327 e. The summed E-state index contributed by atoms with van der Waals surface area (Å²) in [6.07, 6.45) is 1.95. The normalized spacial score (nSPS) is 12.9. The van der Waals surface area contributed by atoms with Gasteiger partial charge in [-0.3, -0.25) is 0 Å². The molecule has 2 N–H and O–H groups in total. The van der Waals surface area contributed by atoms with E-state index < -0.39 is 0 Å². The van der Waals surface area contributed by atoms with Crippen LogP contribution in [0.2, 0.25) is 0 Å². The lowest BCUT2D eigenvalue weighted by Crippen LogP contribution is -2.21. The van der Waals surface area contributed by atoms with Gasteiger partial charge in [-0.05, 0) is 52.4 Å². The molecule has 3 aromatic rings. The number of benzene rings is 3. The Kier molecular flexibility index (Phi) is 3.45. The van der Waals surface area contributed by atoms with Gasteiger partial charge in [-0.1, -0.05) is 55.5 Å². The van der Waals surface area contributed by atoms with Gasteiger partial charge in [0.2, 0.25) is 0 Å². The third kappa shape index (κ3) is 2.08. The molecular formula is C19H21N. The van der Waals surface area contributed by atoms with Crippen molar-refractivity contribution in [3.63, 3.8) is 0 Å². The fourth-order valence-corrected chi connectivity index (χ4v) is 3.06. The van der Waals surface area contributed by atoms with Gasteiger partial charge in [-0.15, -0.1) is 0 Å². The molecule has 0 aliphatic rings. The van der Waals surface area contributed by atoms with Crippen LogP contribution in [0.15, 0.2) is 48.5 Å². The first-order chi connectivity index (χ1) is 9.72. The van der Waals surface area contributed by atoms with Crippen molar-refractivity contribution in [1.82, 2.24) is 0 Å². The zero-order chi connectivity index (χ0) is 14.1. The first-order valence-electron chi connectivity index (χ1n) is 7.37. The Balaban J connectivity index is 2.40. The average molecular weight is 263 g/mol. The van der Waals surface area contributed by atoms with Crippen molar-refractivity contribution in [1.29, 1.82) is 0 Å². The Bertz CT molecular complexity index is 701. The highest BCUT2D eigenvalue weighted by Gasteiger charge is 2.12. The van der Waals surface area contributed by atoms with Crippen LogP contribution >= 0.6 is 0 Å². The van der Waals surface area contributed by atoms with Crippen molar-refractivity contribution < 1.29 is 0 Å². The summed E-state index contributed by atoms with van der Waals surface area (Å²) in [4.78, 5) is 0. The molecule has 1 nitrogen and oxygen atoms in total. The molecule has 0 bridgehead atoms. The molecule has 0 radical (unpaired) electrons. The summed E-state index contributed by atoms with van der Waals surface area (Å²) in [7, 11) is 0. The topological polar surface area (TPSA) is 26.0 Å². The molecule has 0 spiro atoms. The molecule has 102 valence electrons. The second-order valence-electron chi connectivity index (χ2n) is 5.57. The molecule has 0 saturated heterocycles. The monoisotopic (exact) mass is 263 g/mol. The Morgan fingerprint density at radius 1 is 0.850 bits per heavy atom. The van der Waals surface area contributed by atoms with Crippen LogP contribution in [0, 0.1) is 6.92 Å². The predicted molar refractivity (Wildman–Crippen MR) is 88.2 cm³/mol. The second kappa shape index (κ2) is 5.26. The van der Waals surface area contributed by atoms with Crippen LogP contribution in [0.4, 0.5) is 0 Å². The second-order valence-corrected chi connectivity index (χ2v) is 5.57. The third-order valence-corrected chi connectivity index (χ3v) is 4.30. The van der Waals surface area contributed by atoms with Crippen LogP contribution in [0.1, 0.15) is 24.5 Å². The van der Waals surface area contributed by atoms with Crippen molar-refractivity contribution in [2.24, 2.45) is 5.73 Å². The zero-order valence-corrected chi connectivity index (χ0v) is 12.2. The van der Waals surface area contributed by atoms with Gasteiger partial charge >= 0.3 is 0 Å². The van der Waals surface area contributed by atoms with E-state index in [1.807, 2.05) is 0 Å². The Morgan fingerprint density at radius 2 is 1.30 bits per heavy atom. The Hall–Kier alpha value is -1.86. The molecule has 3 rings (SSSR count). The first kappa shape index (κ1) is 13.1. The van der Waals surface area contributed by atoms with Crippen molar-refractivity contribution in [2.75, 3.05) is 0 Å². The quantitative estimate of drug-likeness (QED) is 0.688. The van der Waals surface area contributed by atoms with E-state index in [2.05, 4.69) is 62.4 Å². The van der Waals surface area contributed by atoms with Crippen LogP contribution in [0.25, 0.3) is 21.5 Å². The van der Waals surface area contributed by atoms with E-state index in [-0.39, 0.29) is 6.04 Å². The summed E-state index contributed by atoms with van der Waals surface area (Å²) in [6, 6.07) is 17.6. The maximum absolute atomic E-state index is 6.23. The number of rotatable bonds is 3. The van der Waals surface area contributed by atoms with Crippen molar-refractivity contribution >= 4 is 21.5 Å². The molecule has 1 heteroatoms. The third-order valence-electron chi connectivity index (χ3n) is 4.30. The van der Waals surface area contributed by atoms with Crippen LogP contribution in [0.5, 0.6) is 0 Å². The van der Waals surface area contributed by atoms with Crippen molar-refractivity contribution in [2.45, 2.75) is 32.7 Å². The van der Waals surface area contributed by atoms with Crippen LogP contribution in [-0.4, -0.2) is 6.04 Å². The largest absolute Gasteiger partial charge is 0.327 e. The average Bonchev–Trinajstić information content (AvgIpc) is 2.51. The molecule has 0 aliphatic heterocycles. The van der Waals surface area contributed by atoms with E-state index >= 15 is 0 Å². The molecule has 0 fully saturated rings. The standard InChI is InChI=1S/C19H21N/c1-3-14(20)12-19-17-10-6-4-8-15(17)13(2)16-9-5-7-11-18(16)19/h4-11,14H,3,12,20H2,1-2H3. The highest BCUT2D eigenvalue weighted by atomic mass is 14.6. The van der Waals surface area contributed by atoms with E-state index in [1.54, 1.807) is 0 Å². The maximum Gasteiger partial charge on any atom is 0.00771 e. The summed E-state index contributed by atoms with van der Waals surface area (Å²) in [5.41, 5.74) is 8.99. The summed E-state index contributed by atoms with van der Waals surface area (Å²) in [6.45, 7) is 4.37. The van der Waals surface area contributed by atoms with Gasteiger partial charge in [-0.25, -0.2) is 0 Å². The van der Waals surface area contributed by atoms with E-state index in [4.69, 9.17) is 5.73 Å². The molecule has 0 amide bonds. The first-order valence-corrected chi connectivity index (χ1v) is 7.37. The molecule has 1 atom stereocenters. The minimum atomic E-state index is 0.226. The highest BCUT2D eigenvalue weighted by molar-refractivity contribution is 6.05. The lowest BCUT2D eigenvalue weighted by atomic mass is 9.89. The van der Waals surface area contributed by atoms with Gasteiger partial charge in [0.1, 0.15) is 0 Å². The van der Waals surface area contributed by atoms with Crippen LogP contribution in [-0.2, 0) is 6.42 Å². The zero-order valence-electron chi connectivity index (χ0n) is 12.2. The molecule has 20 heavy (non-hydrogen) atoms. The minimum absolute atomic E-state index is 0.226. The molecule has 0 aromatic heterocycles. The summed E-state index contributed by atoms with van der Waals surface area (Å²) < 4.78 is 0. The number of hydrogen-bond acceptors (Lipinski definition) is 1. The summed E-state index contributed by atoms with van der Waals surface area (Å²) in [5.74, 6) is 0. The van der Waals surface area contributed by atoms with Gasteiger partial charge in [-0.2, -0.15) is 0 Å². The molecule has 0 saturated carbocycles. The number of nitrogens with two attached hydrogens (primary N) is 1. The smallest absolute Gasteiger partial charge is 0.00771 e. The van der Waals surface area contributed by atoms with E-state index in [0.29, 0.717) is 0 Å². The lowest BCUT2D eigenvalue weighted by Gasteiger charge is -2.17. The molecule has 0 heterocycles. The highest BCUT2D eigenvalue weighted by Crippen LogP contribution is 2.33. The van der Waals surface area contributed by atoms with Gasteiger partial charge in [0.25, 0.3) is 0 Å². The molecular weight excluding hydrogens is 242 g/mol. The van der Waals surface area contributed by atoms with Crippen molar-refractivity contribution in [3.05, 3.63) is 59.7 Å². The molecule has 3 aromatic carbocycles. The Labute approximate surface area is 120 Å². The van der Waals surface area contributed by atoms with E-state index in [1.165, 1.54) is 32.7 Å². The number of hydrogen-bond donors (Lipinski definition) is 1. The van der Waals surface area contributed by atoms with E-state index in [9.17, 15) is 0 Å². The molecule has 1 unspecified atom stereocenters. The summed E-state index contributed by atoms with van der Waals surface area (Å²) >= 11 is 0. The van der Waals surface area contributed by atoms with E-state index in [0.717, 1.165) is 12.8 Å². The van der Waals surface area contributed by atoms with Gasteiger partial charge < -0.3 is 5.73 Å². The van der Waals surface area contributed by atoms with Crippen LogP contribution < -0.4 is 5.73 Å². The fourth-order valence-electron chi connectivity index (χ4n) is 3.06. The van der Waals surface area contributed by atoms with Gasteiger partial charge in [0.15, 0.2) is 0 Å². The lowest BCUT2D eigenvalue weighted by molar-refractivity contribution is 0.651. The Morgan fingerprint density at radius 3 is 1.75 bits per heavy atom.